The number of halogens is 1. The fourth-order valence-electron chi connectivity index (χ4n) is 2.09. The van der Waals surface area contributed by atoms with E-state index in [4.69, 9.17) is 11.6 Å². The molecule has 0 aliphatic heterocycles. The highest BCUT2D eigenvalue weighted by Crippen LogP contribution is 2.17. The molecular weight excluding hydrogens is 286 g/mol. The second kappa shape index (κ2) is 7.27. The van der Waals surface area contributed by atoms with Crippen molar-refractivity contribution in [3.8, 4) is 0 Å². The molecule has 1 heterocycles. The van der Waals surface area contributed by atoms with Crippen LogP contribution in [0.5, 0.6) is 0 Å². The Morgan fingerprint density at radius 3 is 2.95 bits per heavy atom. The molecule has 0 fully saturated rings. The zero-order valence-corrected chi connectivity index (χ0v) is 13.1. The lowest BCUT2D eigenvalue weighted by atomic mass is 10.1. The molecule has 1 atom stereocenters. The van der Waals surface area contributed by atoms with Gasteiger partial charge in [0.2, 0.25) is 5.91 Å². The molecule has 1 amide bonds. The van der Waals surface area contributed by atoms with Gasteiger partial charge in [-0.15, -0.1) is 0 Å². The van der Waals surface area contributed by atoms with Gasteiger partial charge in [-0.05, 0) is 37.5 Å². The predicted octanol–water partition coefficient (Wildman–Crippen LogP) is 4.08. The smallest absolute Gasteiger partial charge is 0.225 e. The molecule has 0 saturated carbocycles. The summed E-state index contributed by atoms with van der Waals surface area (Å²) in [7, 11) is 0. The number of hydrogen-bond donors (Lipinski definition) is 1. The number of nitrogens with one attached hydrogen (secondary N) is 1. The van der Waals surface area contributed by atoms with Gasteiger partial charge in [-0.3, -0.25) is 4.79 Å². The molecule has 0 spiro atoms. The number of amides is 1. The Labute approximate surface area is 130 Å². The van der Waals surface area contributed by atoms with Crippen molar-refractivity contribution in [3.05, 3.63) is 47.1 Å². The third kappa shape index (κ3) is 4.33. The van der Waals surface area contributed by atoms with Gasteiger partial charge in [0, 0.05) is 17.5 Å². The van der Waals surface area contributed by atoms with Crippen LogP contribution >= 0.6 is 11.6 Å². The van der Waals surface area contributed by atoms with Gasteiger partial charge in [-0.2, -0.15) is 5.10 Å². The topological polar surface area (TPSA) is 46.9 Å². The first-order valence-electron chi connectivity index (χ1n) is 7.18. The minimum absolute atomic E-state index is 0.0139. The lowest BCUT2D eigenvalue weighted by Crippen LogP contribution is -2.17. The number of carbonyl (C=O) groups excluding carboxylic acids is 1. The Kier molecular flexibility index (Phi) is 5.39. The summed E-state index contributed by atoms with van der Waals surface area (Å²) in [6.07, 6.45) is 3.77. The van der Waals surface area contributed by atoms with Gasteiger partial charge < -0.3 is 5.32 Å². The van der Waals surface area contributed by atoms with Gasteiger partial charge in [-0.25, -0.2) is 4.68 Å². The van der Waals surface area contributed by atoms with Crippen molar-refractivity contribution in [1.29, 1.82) is 0 Å². The fourth-order valence-corrected chi connectivity index (χ4v) is 2.31. The standard InChI is InChI=1S/C16H20ClN3O/c1-3-12(2)20-15(9-10-18-20)19-16(21)8-7-13-5-4-6-14(17)11-13/h4-6,9-12H,3,7-8H2,1-2H3,(H,19,21). The molecule has 1 unspecified atom stereocenters. The van der Waals surface area contributed by atoms with E-state index < -0.39 is 0 Å². The van der Waals surface area contributed by atoms with E-state index in [9.17, 15) is 4.79 Å². The van der Waals surface area contributed by atoms with Crippen LogP contribution in [0.15, 0.2) is 36.5 Å². The summed E-state index contributed by atoms with van der Waals surface area (Å²) in [6, 6.07) is 9.68. The monoisotopic (exact) mass is 305 g/mol. The van der Waals surface area contributed by atoms with E-state index in [1.165, 1.54) is 0 Å². The van der Waals surface area contributed by atoms with Crippen LogP contribution in [-0.2, 0) is 11.2 Å². The van der Waals surface area contributed by atoms with E-state index in [0.29, 0.717) is 17.9 Å². The Bertz CT molecular complexity index is 609. The summed E-state index contributed by atoms with van der Waals surface area (Å²) in [5.74, 6) is 0.737. The first-order chi connectivity index (χ1) is 10.1. The van der Waals surface area contributed by atoms with Crippen molar-refractivity contribution in [2.75, 3.05) is 5.32 Å². The van der Waals surface area contributed by atoms with Gasteiger partial charge in [0.05, 0.1) is 12.2 Å². The van der Waals surface area contributed by atoms with E-state index in [2.05, 4.69) is 24.3 Å². The van der Waals surface area contributed by atoms with Gasteiger partial charge in [0.1, 0.15) is 5.82 Å². The summed E-state index contributed by atoms with van der Waals surface area (Å²) >= 11 is 5.93. The van der Waals surface area contributed by atoms with Crippen LogP contribution in [0.1, 0.15) is 38.3 Å². The van der Waals surface area contributed by atoms with Crippen LogP contribution in [0.25, 0.3) is 0 Å². The quantitative estimate of drug-likeness (QED) is 0.874. The van der Waals surface area contributed by atoms with Crippen molar-refractivity contribution in [3.63, 3.8) is 0 Å². The van der Waals surface area contributed by atoms with Crippen LogP contribution < -0.4 is 5.32 Å². The average molecular weight is 306 g/mol. The largest absolute Gasteiger partial charge is 0.311 e. The highest BCUT2D eigenvalue weighted by Gasteiger charge is 2.11. The number of carbonyl (C=O) groups is 1. The highest BCUT2D eigenvalue weighted by molar-refractivity contribution is 6.30. The second-order valence-corrected chi connectivity index (χ2v) is 5.53. The predicted molar refractivity (Wildman–Crippen MR) is 85.6 cm³/mol. The van der Waals surface area contributed by atoms with Crippen LogP contribution in [-0.4, -0.2) is 15.7 Å². The molecule has 2 aromatic rings. The van der Waals surface area contributed by atoms with Crippen LogP contribution in [0, 0.1) is 0 Å². The van der Waals surface area contributed by atoms with Crippen molar-refractivity contribution in [2.24, 2.45) is 0 Å². The summed E-state index contributed by atoms with van der Waals surface area (Å²) in [6.45, 7) is 4.17. The van der Waals surface area contributed by atoms with E-state index >= 15 is 0 Å². The zero-order chi connectivity index (χ0) is 15.2. The molecule has 0 saturated heterocycles. The maximum Gasteiger partial charge on any atom is 0.225 e. The average Bonchev–Trinajstić information content (AvgIpc) is 2.92. The van der Waals surface area contributed by atoms with E-state index in [-0.39, 0.29) is 11.9 Å². The summed E-state index contributed by atoms with van der Waals surface area (Å²) in [5, 5.41) is 7.87. The minimum Gasteiger partial charge on any atom is -0.311 e. The van der Waals surface area contributed by atoms with Gasteiger partial charge in [0.25, 0.3) is 0 Å². The molecule has 21 heavy (non-hydrogen) atoms. The highest BCUT2D eigenvalue weighted by atomic mass is 35.5. The molecule has 1 aromatic carbocycles. The first kappa shape index (κ1) is 15.6. The van der Waals surface area contributed by atoms with Crippen molar-refractivity contribution >= 4 is 23.3 Å². The number of hydrogen-bond acceptors (Lipinski definition) is 2. The summed E-state index contributed by atoms with van der Waals surface area (Å²) in [4.78, 5) is 12.0. The molecule has 1 N–H and O–H groups in total. The molecular formula is C16H20ClN3O. The Morgan fingerprint density at radius 2 is 2.24 bits per heavy atom. The molecule has 0 bridgehead atoms. The van der Waals surface area contributed by atoms with Gasteiger partial charge in [-0.1, -0.05) is 30.7 Å². The number of aromatic nitrogens is 2. The van der Waals surface area contributed by atoms with Crippen LogP contribution in [0.3, 0.4) is 0 Å². The first-order valence-corrected chi connectivity index (χ1v) is 7.55. The molecule has 2 rings (SSSR count). The fraction of sp³-hybridized carbons (Fsp3) is 0.375. The third-order valence-corrected chi connectivity index (χ3v) is 3.71. The number of anilines is 1. The Hall–Kier alpha value is -1.81. The molecule has 5 heteroatoms. The Balaban J connectivity index is 1.92. The van der Waals surface area contributed by atoms with E-state index in [0.717, 1.165) is 17.8 Å². The summed E-state index contributed by atoms with van der Waals surface area (Å²) < 4.78 is 1.84. The van der Waals surface area contributed by atoms with Crippen molar-refractivity contribution in [1.82, 2.24) is 9.78 Å². The molecule has 4 nitrogen and oxygen atoms in total. The third-order valence-electron chi connectivity index (χ3n) is 3.48. The van der Waals surface area contributed by atoms with Crippen molar-refractivity contribution < 1.29 is 4.79 Å². The van der Waals surface area contributed by atoms with Crippen molar-refractivity contribution in [2.45, 2.75) is 39.2 Å². The molecule has 0 aliphatic rings. The Morgan fingerprint density at radius 1 is 1.43 bits per heavy atom. The molecule has 112 valence electrons. The minimum atomic E-state index is -0.0139. The lowest BCUT2D eigenvalue weighted by Gasteiger charge is -2.14. The lowest BCUT2D eigenvalue weighted by molar-refractivity contribution is -0.116. The number of benzene rings is 1. The van der Waals surface area contributed by atoms with Gasteiger partial charge in [0.15, 0.2) is 0 Å². The second-order valence-electron chi connectivity index (χ2n) is 5.10. The van der Waals surface area contributed by atoms with E-state index in [1.807, 2.05) is 35.0 Å². The molecule has 1 aromatic heterocycles. The maximum atomic E-state index is 12.0. The van der Waals surface area contributed by atoms with E-state index in [1.54, 1.807) is 6.20 Å². The molecule has 0 radical (unpaired) electrons. The maximum absolute atomic E-state index is 12.0. The number of rotatable bonds is 6. The SMILES string of the molecule is CCC(C)n1nccc1NC(=O)CCc1cccc(Cl)c1. The number of nitrogens with zero attached hydrogens (tertiary/aromatic N) is 2. The van der Waals surface area contributed by atoms with Gasteiger partial charge >= 0.3 is 0 Å². The summed E-state index contributed by atoms with van der Waals surface area (Å²) in [5.41, 5.74) is 1.06. The zero-order valence-electron chi connectivity index (χ0n) is 12.3. The number of aryl methyl sites for hydroxylation is 1. The molecule has 0 aliphatic carbocycles. The normalized spacial score (nSPS) is 12.1. The van der Waals surface area contributed by atoms with Crippen LogP contribution in [0.4, 0.5) is 5.82 Å². The van der Waals surface area contributed by atoms with Crippen LogP contribution in [0.2, 0.25) is 5.02 Å².